The van der Waals surface area contributed by atoms with Gasteiger partial charge >= 0.3 is 6.18 Å². The quantitative estimate of drug-likeness (QED) is 0.781. The second kappa shape index (κ2) is 8.19. The molecule has 1 saturated carbocycles. The highest BCUT2D eigenvalue weighted by molar-refractivity contribution is 5.76. The summed E-state index contributed by atoms with van der Waals surface area (Å²) in [4.78, 5) is 14.6. The lowest BCUT2D eigenvalue weighted by Crippen LogP contribution is -2.49. The number of aryl methyl sites for hydroxylation is 1. The van der Waals surface area contributed by atoms with Gasteiger partial charge < -0.3 is 10.2 Å². The molecule has 4 rings (SSSR count). The van der Waals surface area contributed by atoms with Crippen molar-refractivity contribution in [1.29, 1.82) is 0 Å². The maximum absolute atomic E-state index is 13.7. The molecule has 1 N–H and O–H groups in total. The number of carbonyl (C=O) groups excluding carboxylic acids is 1. The van der Waals surface area contributed by atoms with Crippen LogP contribution in [0.4, 0.5) is 19.0 Å². The standard InChI is InChI=1S/C21H31F3N4O/c1-14-11-19-25-17(12-18(21(22,23)24)28(19)26-14)16-7-4-10-27(13-16)20(29)9-8-15-5-2-3-6-15/h11,15-18,25H,2-10,12-13H2,1H3/t16-,17+,18-/m1/s1. The zero-order valence-corrected chi connectivity index (χ0v) is 17.0. The molecular formula is C21H31F3N4O. The minimum absolute atomic E-state index is 0.0352. The number of likely N-dealkylation sites (tertiary alicyclic amines) is 1. The number of nitrogens with zero attached hydrogens (tertiary/aromatic N) is 3. The average Bonchev–Trinajstić information content (AvgIpc) is 3.32. The fourth-order valence-corrected chi connectivity index (χ4v) is 5.38. The van der Waals surface area contributed by atoms with Crippen LogP contribution in [0.3, 0.4) is 0 Å². The number of rotatable bonds is 4. The van der Waals surface area contributed by atoms with E-state index in [0.29, 0.717) is 30.4 Å². The molecule has 2 fully saturated rings. The Labute approximate surface area is 170 Å². The van der Waals surface area contributed by atoms with E-state index in [1.165, 1.54) is 25.7 Å². The van der Waals surface area contributed by atoms with Crippen molar-refractivity contribution in [3.05, 3.63) is 11.8 Å². The third-order valence-corrected chi connectivity index (χ3v) is 6.96. The van der Waals surface area contributed by atoms with Gasteiger partial charge in [0.05, 0.1) is 5.69 Å². The molecule has 0 bridgehead atoms. The molecule has 1 amide bonds. The monoisotopic (exact) mass is 412 g/mol. The first kappa shape index (κ1) is 20.5. The first-order valence-electron chi connectivity index (χ1n) is 11.0. The number of alkyl halides is 3. The lowest BCUT2D eigenvalue weighted by atomic mass is 9.85. The van der Waals surface area contributed by atoms with Crippen LogP contribution < -0.4 is 5.32 Å². The summed E-state index contributed by atoms with van der Waals surface area (Å²) in [6.07, 6.45) is 3.87. The van der Waals surface area contributed by atoms with Gasteiger partial charge in [-0.3, -0.25) is 4.79 Å². The molecule has 29 heavy (non-hydrogen) atoms. The van der Waals surface area contributed by atoms with Crippen molar-refractivity contribution in [2.45, 2.75) is 83.0 Å². The Bertz CT molecular complexity index is 726. The van der Waals surface area contributed by atoms with Crippen LogP contribution in [0.1, 0.15) is 69.5 Å². The predicted molar refractivity (Wildman–Crippen MR) is 105 cm³/mol. The van der Waals surface area contributed by atoms with Gasteiger partial charge in [0.15, 0.2) is 6.04 Å². The SMILES string of the molecule is Cc1cc2n(n1)[C@@H](C(F)(F)F)C[C@@H]([C@@H]1CCCN(C(=O)CCC3CCCC3)C1)N2. The maximum Gasteiger partial charge on any atom is 0.410 e. The van der Waals surface area contributed by atoms with E-state index in [0.717, 1.165) is 30.5 Å². The van der Waals surface area contributed by atoms with Crippen LogP contribution in [0.5, 0.6) is 0 Å². The Hall–Kier alpha value is -1.73. The molecule has 1 saturated heterocycles. The Morgan fingerprint density at radius 1 is 1.24 bits per heavy atom. The molecule has 0 radical (unpaired) electrons. The summed E-state index contributed by atoms with van der Waals surface area (Å²) < 4.78 is 42.1. The Kier molecular flexibility index (Phi) is 5.80. The van der Waals surface area contributed by atoms with Gasteiger partial charge in [-0.2, -0.15) is 18.3 Å². The van der Waals surface area contributed by atoms with Crippen LogP contribution in [0, 0.1) is 18.8 Å². The summed E-state index contributed by atoms with van der Waals surface area (Å²) in [5, 5.41) is 7.34. The molecule has 3 heterocycles. The van der Waals surface area contributed by atoms with E-state index in [1.54, 1.807) is 13.0 Å². The first-order valence-corrected chi connectivity index (χ1v) is 11.0. The number of amides is 1. The molecule has 1 aromatic heterocycles. The number of hydrogen-bond acceptors (Lipinski definition) is 3. The zero-order valence-electron chi connectivity index (χ0n) is 17.0. The molecular weight excluding hydrogens is 381 g/mol. The number of fused-ring (bicyclic) bond motifs is 1. The number of halogens is 3. The van der Waals surface area contributed by atoms with Gasteiger partial charge in [0.2, 0.25) is 5.91 Å². The number of anilines is 1. The van der Waals surface area contributed by atoms with Crippen molar-refractivity contribution in [3.63, 3.8) is 0 Å². The molecule has 3 atom stereocenters. The smallest absolute Gasteiger partial charge is 0.367 e. The van der Waals surface area contributed by atoms with Crippen LogP contribution in [-0.4, -0.2) is 45.9 Å². The molecule has 3 aliphatic rings. The van der Waals surface area contributed by atoms with Gasteiger partial charge in [0, 0.05) is 31.6 Å². The Morgan fingerprint density at radius 2 is 2.00 bits per heavy atom. The van der Waals surface area contributed by atoms with Crippen LogP contribution in [0.25, 0.3) is 0 Å². The lowest BCUT2D eigenvalue weighted by molar-refractivity contribution is -0.175. The van der Waals surface area contributed by atoms with Crippen molar-refractivity contribution in [2.75, 3.05) is 18.4 Å². The van der Waals surface area contributed by atoms with Gasteiger partial charge in [0.1, 0.15) is 5.82 Å². The normalized spacial score (nSPS) is 28.3. The highest BCUT2D eigenvalue weighted by Gasteiger charge is 2.47. The Balaban J connectivity index is 1.40. The molecule has 1 aromatic rings. The number of piperidine rings is 1. The van der Waals surface area contributed by atoms with E-state index in [1.807, 2.05) is 4.90 Å². The lowest BCUT2D eigenvalue weighted by Gasteiger charge is -2.41. The van der Waals surface area contributed by atoms with Crippen molar-refractivity contribution in [3.8, 4) is 0 Å². The van der Waals surface area contributed by atoms with Crippen molar-refractivity contribution in [1.82, 2.24) is 14.7 Å². The third-order valence-electron chi connectivity index (χ3n) is 6.96. The minimum Gasteiger partial charge on any atom is -0.367 e. The fourth-order valence-electron chi connectivity index (χ4n) is 5.38. The van der Waals surface area contributed by atoms with Crippen molar-refractivity contribution >= 4 is 11.7 Å². The van der Waals surface area contributed by atoms with Crippen LogP contribution in [-0.2, 0) is 4.79 Å². The van der Waals surface area contributed by atoms with E-state index in [9.17, 15) is 18.0 Å². The van der Waals surface area contributed by atoms with Crippen LogP contribution in [0.2, 0.25) is 0 Å². The molecule has 5 nitrogen and oxygen atoms in total. The molecule has 0 spiro atoms. The summed E-state index contributed by atoms with van der Waals surface area (Å²) in [5.41, 5.74) is 0.578. The summed E-state index contributed by atoms with van der Waals surface area (Å²) >= 11 is 0. The second-order valence-electron chi connectivity index (χ2n) is 9.09. The molecule has 0 unspecified atom stereocenters. The van der Waals surface area contributed by atoms with E-state index in [-0.39, 0.29) is 24.3 Å². The maximum atomic E-state index is 13.7. The first-order chi connectivity index (χ1) is 13.8. The molecule has 2 aliphatic heterocycles. The molecule has 8 heteroatoms. The highest BCUT2D eigenvalue weighted by Crippen LogP contribution is 2.42. The number of carbonyl (C=O) groups is 1. The largest absolute Gasteiger partial charge is 0.410 e. The predicted octanol–water partition coefficient (Wildman–Crippen LogP) is 4.69. The summed E-state index contributed by atoms with van der Waals surface area (Å²) in [5.74, 6) is 1.32. The van der Waals surface area contributed by atoms with Crippen molar-refractivity contribution in [2.24, 2.45) is 11.8 Å². The van der Waals surface area contributed by atoms with Gasteiger partial charge in [0.25, 0.3) is 0 Å². The summed E-state index contributed by atoms with van der Waals surface area (Å²) in [6.45, 7) is 2.99. The van der Waals surface area contributed by atoms with E-state index >= 15 is 0 Å². The van der Waals surface area contributed by atoms with Crippen LogP contribution >= 0.6 is 0 Å². The van der Waals surface area contributed by atoms with E-state index < -0.39 is 12.2 Å². The van der Waals surface area contributed by atoms with E-state index in [4.69, 9.17) is 0 Å². The molecule has 162 valence electrons. The van der Waals surface area contributed by atoms with Gasteiger partial charge in [-0.25, -0.2) is 4.68 Å². The average molecular weight is 413 g/mol. The van der Waals surface area contributed by atoms with Gasteiger partial charge in [-0.1, -0.05) is 25.7 Å². The highest BCUT2D eigenvalue weighted by atomic mass is 19.4. The summed E-state index contributed by atoms with van der Waals surface area (Å²) in [7, 11) is 0. The zero-order chi connectivity index (χ0) is 20.6. The third kappa shape index (κ3) is 4.56. The van der Waals surface area contributed by atoms with E-state index in [2.05, 4.69) is 10.4 Å². The second-order valence-corrected chi connectivity index (χ2v) is 9.09. The number of aromatic nitrogens is 2. The topological polar surface area (TPSA) is 50.2 Å². The van der Waals surface area contributed by atoms with Gasteiger partial charge in [-0.15, -0.1) is 0 Å². The minimum atomic E-state index is -4.33. The molecule has 0 aromatic carbocycles. The fraction of sp³-hybridized carbons (Fsp3) is 0.810. The van der Waals surface area contributed by atoms with Crippen LogP contribution in [0.15, 0.2) is 6.07 Å². The summed E-state index contributed by atoms with van der Waals surface area (Å²) in [6, 6.07) is -0.223. The van der Waals surface area contributed by atoms with Crippen molar-refractivity contribution < 1.29 is 18.0 Å². The van der Waals surface area contributed by atoms with Gasteiger partial charge in [-0.05, 0) is 44.4 Å². The number of hydrogen-bond donors (Lipinski definition) is 1. The molecule has 1 aliphatic carbocycles. The number of nitrogens with one attached hydrogen (secondary N) is 1. The Morgan fingerprint density at radius 3 is 2.72 bits per heavy atom.